The molecule has 1 rings (SSSR count). The van der Waals surface area contributed by atoms with Crippen molar-refractivity contribution in [3.63, 3.8) is 0 Å². The summed E-state index contributed by atoms with van der Waals surface area (Å²) in [5, 5.41) is 8.55. The first kappa shape index (κ1) is 14.0. The smallest absolute Gasteiger partial charge is 0.384 e. The molecule has 0 aliphatic rings. The summed E-state index contributed by atoms with van der Waals surface area (Å²) >= 11 is 5.64. The Morgan fingerprint density at radius 3 is 2.72 bits per heavy atom. The Balaban J connectivity index is 3.09. The molecule has 0 saturated heterocycles. The van der Waals surface area contributed by atoms with Gasteiger partial charge in [0.2, 0.25) is 0 Å². The van der Waals surface area contributed by atoms with Crippen LogP contribution in [0.4, 0.5) is 4.39 Å². The summed E-state index contributed by atoms with van der Waals surface area (Å²) in [5.74, 6) is 1.28. The van der Waals surface area contributed by atoms with Crippen molar-refractivity contribution in [1.29, 1.82) is 0 Å². The molecule has 0 unspecified atom stereocenters. The fourth-order valence-corrected chi connectivity index (χ4v) is 1.34. The number of hydrogen-bond donors (Lipinski definition) is 1. The maximum absolute atomic E-state index is 13.5. The number of aromatic carboxylic acids is 1. The zero-order valence-corrected chi connectivity index (χ0v) is 10.0. The van der Waals surface area contributed by atoms with Gasteiger partial charge in [-0.1, -0.05) is 17.5 Å². The van der Waals surface area contributed by atoms with Gasteiger partial charge in [0.1, 0.15) is 5.82 Å². The van der Waals surface area contributed by atoms with Crippen LogP contribution < -0.4 is 0 Å². The fraction of sp³-hybridized carbons (Fsp3) is 0.167. The van der Waals surface area contributed by atoms with Gasteiger partial charge in [0.05, 0.1) is 22.8 Å². The van der Waals surface area contributed by atoms with Gasteiger partial charge >= 0.3 is 11.9 Å². The predicted octanol–water partition coefficient (Wildman–Crippen LogP) is 2.09. The summed E-state index contributed by atoms with van der Waals surface area (Å²) in [7, 11) is 0. The van der Waals surface area contributed by atoms with Gasteiger partial charge in [0, 0.05) is 5.92 Å². The van der Waals surface area contributed by atoms with Gasteiger partial charge in [-0.25, -0.2) is 14.0 Å². The largest absolute Gasteiger partial charge is 0.478 e. The lowest BCUT2D eigenvalue weighted by atomic mass is 10.1. The van der Waals surface area contributed by atoms with Crippen molar-refractivity contribution in [2.75, 3.05) is 6.61 Å². The third kappa shape index (κ3) is 3.47. The number of rotatable bonds is 2. The molecule has 0 amide bonds. The van der Waals surface area contributed by atoms with Crippen LogP contribution in [-0.4, -0.2) is 23.7 Å². The highest BCUT2D eigenvalue weighted by Gasteiger charge is 2.12. The van der Waals surface area contributed by atoms with E-state index in [1.807, 2.05) is 0 Å². The van der Waals surface area contributed by atoms with Crippen LogP contribution in [-0.2, 0) is 9.53 Å². The van der Waals surface area contributed by atoms with E-state index in [2.05, 4.69) is 16.6 Å². The average Bonchev–Trinajstić information content (AvgIpc) is 2.29. The van der Waals surface area contributed by atoms with E-state index >= 15 is 0 Å². The Labute approximate surface area is 107 Å². The fourth-order valence-electron chi connectivity index (χ4n) is 1.09. The lowest BCUT2D eigenvalue weighted by molar-refractivity contribution is -0.136. The number of hydrogen-bond acceptors (Lipinski definition) is 3. The highest BCUT2D eigenvalue weighted by Crippen LogP contribution is 2.20. The number of ether oxygens (including phenoxy) is 1. The minimum atomic E-state index is -1.34. The molecule has 4 nitrogen and oxygen atoms in total. The lowest BCUT2D eigenvalue weighted by Crippen LogP contribution is -2.01. The maximum Gasteiger partial charge on any atom is 0.384 e. The first-order chi connectivity index (χ1) is 8.45. The standard InChI is InChI=1S/C12H8ClFO4/c1-2-18-11(15)4-3-7-5-9(13)8(12(16)17)6-10(7)14/h5-6H,2H2,1H3,(H,16,17). The number of benzene rings is 1. The van der Waals surface area contributed by atoms with Crippen molar-refractivity contribution in [2.45, 2.75) is 6.92 Å². The Bertz CT molecular complexity index is 557. The van der Waals surface area contributed by atoms with Gasteiger partial charge in [0.25, 0.3) is 0 Å². The van der Waals surface area contributed by atoms with E-state index < -0.39 is 17.8 Å². The molecular weight excluding hydrogens is 263 g/mol. The SMILES string of the molecule is CCOC(=O)C#Cc1cc(Cl)c(C(=O)O)cc1F. The highest BCUT2D eigenvalue weighted by molar-refractivity contribution is 6.33. The molecule has 1 aromatic carbocycles. The molecule has 94 valence electrons. The number of halogens is 2. The first-order valence-corrected chi connectivity index (χ1v) is 5.24. The molecule has 0 bridgehead atoms. The molecule has 1 N–H and O–H groups in total. The summed E-state index contributed by atoms with van der Waals surface area (Å²) in [5.41, 5.74) is -0.533. The van der Waals surface area contributed by atoms with E-state index in [1.54, 1.807) is 6.92 Å². The number of esters is 1. The van der Waals surface area contributed by atoms with Crippen molar-refractivity contribution >= 4 is 23.5 Å². The average molecular weight is 271 g/mol. The molecule has 0 saturated carbocycles. The molecule has 0 heterocycles. The van der Waals surface area contributed by atoms with Crippen LogP contribution in [0.15, 0.2) is 12.1 Å². The molecule has 1 aromatic rings. The molecule has 0 spiro atoms. The number of carboxylic acids is 1. The zero-order valence-electron chi connectivity index (χ0n) is 9.29. The van der Waals surface area contributed by atoms with Crippen molar-refractivity contribution < 1.29 is 23.8 Å². The van der Waals surface area contributed by atoms with E-state index in [-0.39, 0.29) is 22.8 Å². The summed E-state index contributed by atoms with van der Waals surface area (Å²) in [6, 6.07) is 1.80. The van der Waals surface area contributed by atoms with Gasteiger partial charge in [-0.05, 0) is 19.1 Å². The third-order valence-corrected chi connectivity index (χ3v) is 2.17. The third-order valence-electron chi connectivity index (χ3n) is 1.86. The Kier molecular flexibility index (Phi) is 4.69. The van der Waals surface area contributed by atoms with E-state index in [0.29, 0.717) is 0 Å². The predicted molar refractivity (Wildman–Crippen MR) is 61.9 cm³/mol. The highest BCUT2D eigenvalue weighted by atomic mass is 35.5. The Morgan fingerprint density at radius 1 is 1.50 bits per heavy atom. The van der Waals surface area contributed by atoms with Gasteiger partial charge < -0.3 is 9.84 Å². The van der Waals surface area contributed by atoms with Crippen molar-refractivity contribution in [3.8, 4) is 11.8 Å². The van der Waals surface area contributed by atoms with Crippen LogP contribution in [0, 0.1) is 17.7 Å². The van der Waals surface area contributed by atoms with E-state index in [1.165, 1.54) is 0 Å². The van der Waals surface area contributed by atoms with Gasteiger partial charge in [-0.2, -0.15) is 0 Å². The van der Waals surface area contributed by atoms with E-state index in [4.69, 9.17) is 16.7 Å². The summed E-state index contributed by atoms with van der Waals surface area (Å²) in [6.07, 6.45) is 0. The summed E-state index contributed by atoms with van der Waals surface area (Å²) < 4.78 is 18.0. The van der Waals surface area contributed by atoms with E-state index in [9.17, 15) is 14.0 Å². The maximum atomic E-state index is 13.5. The topological polar surface area (TPSA) is 63.6 Å². The number of carbonyl (C=O) groups is 2. The van der Waals surface area contributed by atoms with Crippen molar-refractivity contribution in [3.05, 3.63) is 34.1 Å². The van der Waals surface area contributed by atoms with Crippen LogP contribution >= 0.6 is 11.6 Å². The van der Waals surface area contributed by atoms with Crippen LogP contribution in [0.5, 0.6) is 0 Å². The monoisotopic (exact) mass is 270 g/mol. The molecular formula is C12H8ClFO4. The van der Waals surface area contributed by atoms with Crippen LogP contribution in [0.1, 0.15) is 22.8 Å². The normalized spacial score (nSPS) is 9.28. The molecule has 0 aromatic heterocycles. The second-order valence-corrected chi connectivity index (χ2v) is 3.49. The molecule has 18 heavy (non-hydrogen) atoms. The van der Waals surface area contributed by atoms with E-state index in [0.717, 1.165) is 12.1 Å². The molecule has 0 aliphatic heterocycles. The first-order valence-electron chi connectivity index (χ1n) is 4.86. The number of carboxylic acid groups (broad SMARTS) is 1. The van der Waals surface area contributed by atoms with Crippen LogP contribution in [0.25, 0.3) is 0 Å². The number of carbonyl (C=O) groups excluding carboxylic acids is 1. The van der Waals surface area contributed by atoms with Crippen LogP contribution in [0.2, 0.25) is 5.02 Å². The second kappa shape index (κ2) is 6.03. The molecule has 0 radical (unpaired) electrons. The minimum absolute atomic E-state index is 0.156. The molecule has 0 atom stereocenters. The van der Waals surface area contributed by atoms with Gasteiger partial charge in [-0.15, -0.1) is 0 Å². The lowest BCUT2D eigenvalue weighted by Gasteiger charge is -2.00. The van der Waals surface area contributed by atoms with Crippen LogP contribution in [0.3, 0.4) is 0 Å². The van der Waals surface area contributed by atoms with Crippen molar-refractivity contribution in [1.82, 2.24) is 0 Å². The summed E-state index contributed by atoms with van der Waals surface area (Å²) in [4.78, 5) is 21.6. The van der Waals surface area contributed by atoms with Crippen molar-refractivity contribution in [2.24, 2.45) is 0 Å². The Morgan fingerprint density at radius 2 is 2.17 bits per heavy atom. The molecule has 6 heteroatoms. The molecule has 0 aliphatic carbocycles. The van der Waals surface area contributed by atoms with Gasteiger partial charge in [0.15, 0.2) is 0 Å². The van der Waals surface area contributed by atoms with Gasteiger partial charge in [-0.3, -0.25) is 0 Å². The summed E-state index contributed by atoms with van der Waals surface area (Å²) in [6.45, 7) is 1.77. The minimum Gasteiger partial charge on any atom is -0.478 e. The zero-order chi connectivity index (χ0) is 13.7. The molecule has 0 fully saturated rings. The Hall–Kier alpha value is -2.06. The second-order valence-electron chi connectivity index (χ2n) is 3.09. The quantitative estimate of drug-likeness (QED) is 0.660.